The van der Waals surface area contributed by atoms with Gasteiger partial charge < -0.3 is 5.32 Å². The van der Waals surface area contributed by atoms with Gasteiger partial charge in [-0.3, -0.25) is 4.79 Å². The number of carbonyl (C=O) groups is 1. The van der Waals surface area contributed by atoms with E-state index in [1.54, 1.807) is 0 Å². The number of hydrogen-bond donors (Lipinski definition) is 1. The van der Waals surface area contributed by atoms with Crippen molar-refractivity contribution < 1.29 is 4.79 Å². The summed E-state index contributed by atoms with van der Waals surface area (Å²) < 4.78 is 0. The quantitative estimate of drug-likeness (QED) is 0.892. The summed E-state index contributed by atoms with van der Waals surface area (Å²) in [5, 5.41) is 5.74. The molecule has 0 saturated carbocycles. The fourth-order valence-electron chi connectivity index (χ4n) is 2.15. The number of rotatable bonds is 2. The van der Waals surface area contributed by atoms with E-state index in [9.17, 15) is 4.79 Å². The molecule has 1 N–H and O–H groups in total. The largest absolute Gasteiger partial charge is 0.344 e. The van der Waals surface area contributed by atoms with Crippen LogP contribution in [0.5, 0.6) is 0 Å². The smallest absolute Gasteiger partial charge is 0.261 e. The minimum Gasteiger partial charge on any atom is -0.344 e. The molecule has 3 rings (SSSR count). The van der Waals surface area contributed by atoms with Gasteiger partial charge >= 0.3 is 0 Å². The molecule has 1 aromatic carbocycles. The number of benzene rings is 1. The molecule has 0 bridgehead atoms. The Morgan fingerprint density at radius 3 is 3.05 bits per heavy atom. The molecule has 0 spiro atoms. The van der Waals surface area contributed by atoms with Gasteiger partial charge in [0, 0.05) is 15.7 Å². The predicted molar refractivity (Wildman–Crippen MR) is 81.3 cm³/mol. The van der Waals surface area contributed by atoms with Gasteiger partial charge in [-0.15, -0.1) is 23.1 Å². The van der Waals surface area contributed by atoms with Crippen LogP contribution in [0, 0.1) is 0 Å². The molecule has 2 heterocycles. The standard InChI is InChI=1S/C14H12ClNOS2/c15-9-3-4-12-10(8-9)11(5-7-19-12)16-14(17)13-2-1-6-18-13/h1-4,6,8,11H,5,7H2,(H,16,17)/t11-/m0/s1. The van der Waals surface area contributed by atoms with Crippen LogP contribution >= 0.6 is 34.7 Å². The first-order valence-electron chi connectivity index (χ1n) is 6.00. The summed E-state index contributed by atoms with van der Waals surface area (Å²) in [7, 11) is 0. The van der Waals surface area contributed by atoms with Gasteiger partial charge in [0.2, 0.25) is 0 Å². The molecule has 0 radical (unpaired) electrons. The fraction of sp³-hybridized carbons (Fsp3) is 0.214. The number of fused-ring (bicyclic) bond motifs is 1. The Morgan fingerprint density at radius 1 is 1.37 bits per heavy atom. The molecule has 1 aliphatic heterocycles. The van der Waals surface area contributed by atoms with Crippen LogP contribution in [0.2, 0.25) is 5.02 Å². The van der Waals surface area contributed by atoms with Crippen molar-refractivity contribution in [3.63, 3.8) is 0 Å². The number of hydrogen-bond acceptors (Lipinski definition) is 3. The van der Waals surface area contributed by atoms with Gasteiger partial charge in [-0.2, -0.15) is 0 Å². The predicted octanol–water partition coefficient (Wildman–Crippen LogP) is 4.37. The van der Waals surface area contributed by atoms with Gasteiger partial charge in [0.25, 0.3) is 5.91 Å². The van der Waals surface area contributed by atoms with Crippen LogP contribution in [-0.4, -0.2) is 11.7 Å². The van der Waals surface area contributed by atoms with Crippen molar-refractivity contribution in [2.75, 3.05) is 5.75 Å². The van der Waals surface area contributed by atoms with Crippen molar-refractivity contribution in [3.05, 3.63) is 51.2 Å². The average Bonchev–Trinajstić information content (AvgIpc) is 2.93. The highest BCUT2D eigenvalue weighted by molar-refractivity contribution is 7.99. The Hall–Kier alpha value is -0.970. The maximum atomic E-state index is 12.1. The third-order valence-electron chi connectivity index (χ3n) is 3.06. The molecule has 0 fully saturated rings. The third-order valence-corrected chi connectivity index (χ3v) is 5.29. The van der Waals surface area contributed by atoms with Crippen molar-refractivity contribution >= 4 is 40.6 Å². The van der Waals surface area contributed by atoms with E-state index in [2.05, 4.69) is 5.32 Å². The summed E-state index contributed by atoms with van der Waals surface area (Å²) in [6, 6.07) is 9.69. The first-order chi connectivity index (χ1) is 9.24. The molecular formula is C14H12ClNOS2. The van der Waals surface area contributed by atoms with Crippen LogP contribution in [0.15, 0.2) is 40.6 Å². The lowest BCUT2D eigenvalue weighted by Gasteiger charge is -2.26. The third kappa shape index (κ3) is 2.81. The number of carbonyl (C=O) groups excluding carboxylic acids is 1. The Labute approximate surface area is 125 Å². The average molecular weight is 310 g/mol. The van der Waals surface area contributed by atoms with Gasteiger partial charge in [0.15, 0.2) is 0 Å². The molecule has 5 heteroatoms. The van der Waals surface area contributed by atoms with Gasteiger partial charge in [-0.25, -0.2) is 0 Å². The molecule has 1 amide bonds. The SMILES string of the molecule is O=C(N[C@H]1CCSc2ccc(Cl)cc21)c1cccs1. The van der Waals surface area contributed by atoms with Crippen LogP contribution in [0.1, 0.15) is 27.7 Å². The van der Waals surface area contributed by atoms with Crippen LogP contribution < -0.4 is 5.32 Å². The molecule has 0 saturated heterocycles. The first-order valence-corrected chi connectivity index (χ1v) is 8.25. The highest BCUT2D eigenvalue weighted by Crippen LogP contribution is 2.37. The molecule has 0 unspecified atom stereocenters. The molecule has 1 aromatic heterocycles. The summed E-state index contributed by atoms with van der Waals surface area (Å²) in [5.74, 6) is 1.02. The zero-order chi connectivity index (χ0) is 13.2. The Kier molecular flexibility index (Phi) is 3.82. The van der Waals surface area contributed by atoms with Gasteiger partial charge in [0.1, 0.15) is 0 Å². The highest BCUT2D eigenvalue weighted by atomic mass is 35.5. The molecule has 2 nitrogen and oxygen atoms in total. The van der Waals surface area contributed by atoms with Crippen LogP contribution in [0.4, 0.5) is 0 Å². The summed E-state index contributed by atoms with van der Waals surface area (Å²) >= 11 is 9.34. The number of thioether (sulfide) groups is 1. The first kappa shape index (κ1) is 13.0. The van der Waals surface area contributed by atoms with Crippen LogP contribution in [-0.2, 0) is 0 Å². The van der Waals surface area contributed by atoms with Crippen molar-refractivity contribution in [3.8, 4) is 0 Å². The zero-order valence-corrected chi connectivity index (χ0v) is 12.4. The van der Waals surface area contributed by atoms with Gasteiger partial charge in [-0.1, -0.05) is 17.7 Å². The van der Waals surface area contributed by atoms with Crippen LogP contribution in [0.25, 0.3) is 0 Å². The summed E-state index contributed by atoms with van der Waals surface area (Å²) in [5.41, 5.74) is 1.13. The highest BCUT2D eigenvalue weighted by Gasteiger charge is 2.23. The topological polar surface area (TPSA) is 29.1 Å². The molecular weight excluding hydrogens is 298 g/mol. The Balaban J connectivity index is 1.84. The summed E-state index contributed by atoms with van der Waals surface area (Å²) in [6.07, 6.45) is 0.940. The second-order valence-corrected chi connectivity index (χ2v) is 6.84. The minimum absolute atomic E-state index is 0.00201. The lowest BCUT2D eigenvalue weighted by molar-refractivity contribution is 0.0939. The van der Waals surface area contributed by atoms with Crippen molar-refractivity contribution in [2.24, 2.45) is 0 Å². The van der Waals surface area contributed by atoms with Crippen LogP contribution in [0.3, 0.4) is 0 Å². The molecule has 19 heavy (non-hydrogen) atoms. The molecule has 2 aromatic rings. The number of amides is 1. The second kappa shape index (κ2) is 5.57. The number of thiophene rings is 1. The molecule has 0 aliphatic carbocycles. The van der Waals surface area contributed by atoms with E-state index in [1.165, 1.54) is 16.2 Å². The van der Waals surface area contributed by atoms with Crippen molar-refractivity contribution in [2.45, 2.75) is 17.4 Å². The van der Waals surface area contributed by atoms with E-state index in [0.717, 1.165) is 27.6 Å². The maximum absolute atomic E-state index is 12.1. The fourth-order valence-corrected chi connectivity index (χ4v) is 4.07. The molecule has 1 aliphatic rings. The van der Waals surface area contributed by atoms with E-state index in [1.807, 2.05) is 47.5 Å². The Morgan fingerprint density at radius 2 is 2.26 bits per heavy atom. The zero-order valence-electron chi connectivity index (χ0n) is 10.1. The lowest BCUT2D eigenvalue weighted by atomic mass is 10.0. The maximum Gasteiger partial charge on any atom is 0.261 e. The van der Waals surface area contributed by atoms with Gasteiger partial charge in [0.05, 0.1) is 10.9 Å². The normalized spacial score (nSPS) is 17.8. The number of halogens is 1. The van der Waals surface area contributed by atoms with E-state index in [-0.39, 0.29) is 11.9 Å². The molecule has 98 valence electrons. The van der Waals surface area contributed by atoms with E-state index in [0.29, 0.717) is 0 Å². The summed E-state index contributed by atoms with van der Waals surface area (Å²) in [4.78, 5) is 14.1. The Bertz CT molecular complexity index is 597. The van der Waals surface area contributed by atoms with E-state index in [4.69, 9.17) is 11.6 Å². The molecule has 1 atom stereocenters. The van der Waals surface area contributed by atoms with Crippen molar-refractivity contribution in [1.82, 2.24) is 5.32 Å². The van der Waals surface area contributed by atoms with Crippen molar-refractivity contribution in [1.29, 1.82) is 0 Å². The minimum atomic E-state index is -0.00201. The summed E-state index contributed by atoms with van der Waals surface area (Å²) in [6.45, 7) is 0. The lowest BCUT2D eigenvalue weighted by Crippen LogP contribution is -2.30. The monoisotopic (exact) mass is 309 g/mol. The number of nitrogens with one attached hydrogen (secondary N) is 1. The van der Waals surface area contributed by atoms with E-state index < -0.39 is 0 Å². The van der Waals surface area contributed by atoms with E-state index >= 15 is 0 Å². The second-order valence-electron chi connectivity index (χ2n) is 4.32. The van der Waals surface area contributed by atoms with Gasteiger partial charge in [-0.05, 0) is 41.6 Å².